The van der Waals surface area contributed by atoms with Crippen LogP contribution in [-0.2, 0) is 17.6 Å². The zero-order chi connectivity index (χ0) is 25.7. The molecule has 5 heteroatoms. The number of ether oxygens (including phenoxy) is 1. The summed E-state index contributed by atoms with van der Waals surface area (Å²) < 4.78 is 6.75. The molecule has 0 aliphatic heterocycles. The van der Waals surface area contributed by atoms with Gasteiger partial charge in [0.1, 0.15) is 24.7 Å². The van der Waals surface area contributed by atoms with Gasteiger partial charge in [0.05, 0.1) is 14.1 Å². The number of benzene rings is 2. The Kier molecular flexibility index (Phi) is 11.6. The molecule has 0 fully saturated rings. The molecule has 2 rings (SSSR count). The number of quaternary nitrogens is 1. The van der Waals surface area contributed by atoms with Crippen molar-refractivity contribution >= 4 is 5.91 Å². The summed E-state index contributed by atoms with van der Waals surface area (Å²) >= 11 is 0. The van der Waals surface area contributed by atoms with Crippen molar-refractivity contribution in [2.75, 3.05) is 40.3 Å². The van der Waals surface area contributed by atoms with E-state index in [0.717, 1.165) is 54.5 Å². The fourth-order valence-corrected chi connectivity index (χ4v) is 4.01. The van der Waals surface area contributed by atoms with Crippen molar-refractivity contribution in [2.45, 2.75) is 45.4 Å². The van der Waals surface area contributed by atoms with Gasteiger partial charge in [0.25, 0.3) is 5.91 Å². The van der Waals surface area contributed by atoms with Crippen LogP contribution in [0.5, 0.6) is 11.5 Å². The highest BCUT2D eigenvalue weighted by Gasteiger charge is 2.21. The van der Waals surface area contributed by atoms with E-state index in [1.807, 2.05) is 50.5 Å². The van der Waals surface area contributed by atoms with E-state index in [0.29, 0.717) is 29.9 Å². The highest BCUT2D eigenvalue weighted by molar-refractivity contribution is 5.77. The molecule has 0 aliphatic rings. The van der Waals surface area contributed by atoms with Gasteiger partial charge in [-0.05, 0) is 54.7 Å². The predicted molar refractivity (Wildman–Crippen MR) is 146 cm³/mol. The third-order valence-corrected chi connectivity index (χ3v) is 6.03. The van der Waals surface area contributed by atoms with Gasteiger partial charge in [0.15, 0.2) is 6.54 Å². The summed E-state index contributed by atoms with van der Waals surface area (Å²) in [6, 6.07) is 11.6. The van der Waals surface area contributed by atoms with Crippen molar-refractivity contribution in [3.63, 3.8) is 0 Å². The summed E-state index contributed by atoms with van der Waals surface area (Å²) in [6.07, 6.45) is 9.76. The molecular formula is C30H43N2O3+. The van der Waals surface area contributed by atoms with E-state index >= 15 is 0 Å². The summed E-state index contributed by atoms with van der Waals surface area (Å²) in [4.78, 5) is 12.4. The summed E-state index contributed by atoms with van der Waals surface area (Å²) in [5.74, 6) is 0.999. The minimum atomic E-state index is 0.0740. The number of carbonyl (C=O) groups is 1. The Morgan fingerprint density at radius 1 is 1.00 bits per heavy atom. The second-order valence-electron chi connectivity index (χ2n) is 9.74. The third kappa shape index (κ3) is 9.61. The van der Waals surface area contributed by atoms with E-state index < -0.39 is 0 Å². The molecule has 2 aromatic rings. The fourth-order valence-electron chi connectivity index (χ4n) is 4.01. The van der Waals surface area contributed by atoms with E-state index in [4.69, 9.17) is 4.74 Å². The van der Waals surface area contributed by atoms with Crippen LogP contribution in [0.4, 0.5) is 0 Å². The van der Waals surface area contributed by atoms with Crippen LogP contribution in [-0.4, -0.2) is 55.8 Å². The minimum absolute atomic E-state index is 0.0740. The van der Waals surface area contributed by atoms with Crippen LogP contribution in [0.1, 0.15) is 43.7 Å². The molecule has 0 saturated carbocycles. The highest BCUT2D eigenvalue weighted by Crippen LogP contribution is 2.37. The first-order valence-corrected chi connectivity index (χ1v) is 12.7. The molecule has 0 bridgehead atoms. The number of nitrogens with zero attached hydrogens (tertiary/aromatic N) is 1. The second kappa shape index (κ2) is 14.4. The highest BCUT2D eigenvalue weighted by atomic mass is 16.5. The van der Waals surface area contributed by atoms with Gasteiger partial charge in [-0.2, -0.15) is 0 Å². The van der Waals surface area contributed by atoms with Gasteiger partial charge in [0.2, 0.25) is 0 Å². The molecule has 0 spiro atoms. The number of unbranched alkanes of at least 4 members (excludes halogenated alkanes) is 3. The molecule has 0 unspecified atom stereocenters. The number of phenols is 1. The maximum absolute atomic E-state index is 12.4. The number of allylic oxidation sites excluding steroid dienone is 2. The first-order chi connectivity index (χ1) is 16.8. The molecule has 0 aromatic heterocycles. The first kappa shape index (κ1) is 28.2. The predicted octanol–water partition coefficient (Wildman–Crippen LogP) is 5.67. The molecule has 190 valence electrons. The van der Waals surface area contributed by atoms with Gasteiger partial charge in [-0.25, -0.2) is 0 Å². The van der Waals surface area contributed by atoms with E-state index in [-0.39, 0.29) is 11.7 Å². The zero-order valence-corrected chi connectivity index (χ0v) is 21.8. The number of likely N-dealkylation sites (N-methyl/N-ethyl adjacent to an activating group) is 1. The number of aromatic hydroxyl groups is 1. The third-order valence-electron chi connectivity index (χ3n) is 6.03. The topological polar surface area (TPSA) is 58.6 Å². The van der Waals surface area contributed by atoms with E-state index in [9.17, 15) is 9.90 Å². The number of rotatable bonds is 16. The second-order valence-corrected chi connectivity index (χ2v) is 9.74. The monoisotopic (exact) mass is 479 g/mol. The van der Waals surface area contributed by atoms with E-state index in [1.54, 1.807) is 6.07 Å². The van der Waals surface area contributed by atoms with Gasteiger partial charge >= 0.3 is 0 Å². The van der Waals surface area contributed by atoms with E-state index in [1.165, 1.54) is 12.8 Å². The lowest BCUT2D eigenvalue weighted by Gasteiger charge is -2.29. The Morgan fingerprint density at radius 2 is 1.66 bits per heavy atom. The van der Waals surface area contributed by atoms with Crippen LogP contribution in [0.25, 0.3) is 11.1 Å². The molecule has 35 heavy (non-hydrogen) atoms. The summed E-state index contributed by atoms with van der Waals surface area (Å²) in [5, 5.41) is 13.7. The summed E-state index contributed by atoms with van der Waals surface area (Å²) in [7, 11) is 4.08. The van der Waals surface area contributed by atoms with Crippen molar-refractivity contribution in [3.8, 4) is 22.6 Å². The largest absolute Gasteiger partial charge is 0.507 e. The molecular weight excluding hydrogens is 436 g/mol. The maximum Gasteiger partial charge on any atom is 0.275 e. The Morgan fingerprint density at radius 3 is 2.31 bits per heavy atom. The minimum Gasteiger partial charge on any atom is -0.507 e. The number of carbonyl (C=O) groups excluding carboxylic acids is 1. The lowest BCUT2D eigenvalue weighted by molar-refractivity contribution is -0.882. The van der Waals surface area contributed by atoms with Crippen LogP contribution in [0.3, 0.4) is 0 Å². The lowest BCUT2D eigenvalue weighted by atomic mass is 9.97. The van der Waals surface area contributed by atoms with Gasteiger partial charge < -0.3 is 19.6 Å². The van der Waals surface area contributed by atoms with Gasteiger partial charge in [-0.1, -0.05) is 50.5 Å². The van der Waals surface area contributed by atoms with Crippen LogP contribution in [0.15, 0.2) is 61.7 Å². The fraction of sp³-hybridized carbons (Fsp3) is 0.433. The van der Waals surface area contributed by atoms with Gasteiger partial charge in [-0.3, -0.25) is 4.79 Å². The van der Waals surface area contributed by atoms with E-state index in [2.05, 4.69) is 31.5 Å². The molecule has 2 aromatic carbocycles. The Labute approximate surface area is 211 Å². The SMILES string of the molecule is C=CCc1ccc(O)c(-c2cc(CC=C)ccc2OCC[N+](C)(C)CC(=O)NCCCCCC)c1. The summed E-state index contributed by atoms with van der Waals surface area (Å²) in [5.41, 5.74) is 3.76. The molecule has 0 heterocycles. The molecule has 2 N–H and O–H groups in total. The molecule has 0 radical (unpaired) electrons. The number of amides is 1. The average Bonchev–Trinajstić information content (AvgIpc) is 2.81. The molecule has 0 atom stereocenters. The van der Waals surface area contributed by atoms with Crippen molar-refractivity contribution in [1.29, 1.82) is 0 Å². The van der Waals surface area contributed by atoms with Crippen LogP contribution < -0.4 is 10.1 Å². The van der Waals surface area contributed by atoms with Gasteiger partial charge in [0, 0.05) is 17.7 Å². The van der Waals surface area contributed by atoms with Crippen LogP contribution in [0, 0.1) is 0 Å². The zero-order valence-electron chi connectivity index (χ0n) is 21.8. The van der Waals surface area contributed by atoms with Crippen molar-refractivity contribution < 1.29 is 19.1 Å². The number of nitrogens with one attached hydrogen (secondary N) is 1. The molecule has 0 saturated heterocycles. The maximum atomic E-state index is 12.4. The Hall–Kier alpha value is -3.05. The van der Waals surface area contributed by atoms with Crippen molar-refractivity contribution in [2.24, 2.45) is 0 Å². The molecule has 1 amide bonds. The Bertz CT molecular complexity index is 982. The molecule has 0 aliphatic carbocycles. The van der Waals surface area contributed by atoms with Gasteiger partial charge in [-0.15, -0.1) is 13.2 Å². The Balaban J connectivity index is 2.07. The van der Waals surface area contributed by atoms with Crippen LogP contribution in [0.2, 0.25) is 0 Å². The van der Waals surface area contributed by atoms with Crippen LogP contribution >= 0.6 is 0 Å². The molecule has 5 nitrogen and oxygen atoms in total. The number of phenolic OH excluding ortho intramolecular Hbond substituents is 1. The summed E-state index contributed by atoms with van der Waals surface area (Å²) in [6.45, 7) is 12.1. The quantitative estimate of drug-likeness (QED) is 0.185. The number of hydrogen-bond acceptors (Lipinski definition) is 3. The lowest BCUT2D eigenvalue weighted by Crippen LogP contribution is -2.49. The smallest absolute Gasteiger partial charge is 0.275 e. The normalized spacial score (nSPS) is 11.2. The van der Waals surface area contributed by atoms with Crippen molar-refractivity contribution in [1.82, 2.24) is 5.32 Å². The standard InChI is InChI=1S/C30H42N2O3/c1-6-9-10-11-18-31-30(34)23-32(4,5)19-20-35-29-17-15-25(13-8-3)22-27(29)26-21-24(12-7-2)14-16-28(26)33/h7-8,14-17,21-22H,2-3,6,9-13,18-20,23H2,1,4-5H3,(H-,31,33,34)/p+1. The van der Waals surface area contributed by atoms with Crippen molar-refractivity contribution in [3.05, 3.63) is 72.8 Å². The first-order valence-electron chi connectivity index (χ1n) is 12.7. The average molecular weight is 480 g/mol. The number of hydrogen-bond donors (Lipinski definition) is 2.